The van der Waals surface area contributed by atoms with Crippen LogP contribution < -0.4 is 17.0 Å². The van der Waals surface area contributed by atoms with Crippen molar-refractivity contribution >= 4 is 5.97 Å². The smallest absolute Gasteiger partial charge is 0.330 e. The van der Waals surface area contributed by atoms with Gasteiger partial charge in [0, 0.05) is 17.2 Å². The number of carbonyl (C=O) groups excluding carboxylic acids is 1. The number of nitrogens with zero attached hydrogens (tertiary/aromatic N) is 4. The molecule has 154 valence electrons. The number of hydrogen-bond donors (Lipinski definition) is 3. The summed E-state index contributed by atoms with van der Waals surface area (Å²) in [5.74, 6) is -1.05. The minimum Gasteiger partial charge on any atom is -0.461 e. The van der Waals surface area contributed by atoms with E-state index in [2.05, 4.69) is 10.0 Å². The van der Waals surface area contributed by atoms with Gasteiger partial charge in [-0.2, -0.15) is 0 Å². The van der Waals surface area contributed by atoms with Crippen molar-refractivity contribution in [2.24, 2.45) is 16.8 Å². The minimum absolute atomic E-state index is 0.239. The average molecular weight is 400 g/mol. The fourth-order valence-electron chi connectivity index (χ4n) is 2.67. The van der Waals surface area contributed by atoms with Crippen molar-refractivity contribution in [2.45, 2.75) is 44.0 Å². The highest BCUT2D eigenvalue weighted by Crippen LogP contribution is 2.39. The Morgan fingerprint density at radius 2 is 2.29 bits per heavy atom. The van der Waals surface area contributed by atoms with Crippen molar-refractivity contribution < 1.29 is 23.8 Å². The number of nitrogens with one attached hydrogen (secondary N) is 1. The highest BCUT2D eigenvalue weighted by Gasteiger charge is 2.56. The number of aromatic nitrogens is 2. The number of esters is 1. The van der Waals surface area contributed by atoms with Gasteiger partial charge in [-0.15, -0.1) is 0 Å². The van der Waals surface area contributed by atoms with E-state index in [-0.39, 0.29) is 5.92 Å². The van der Waals surface area contributed by atoms with Crippen LogP contribution in [0.5, 0.6) is 0 Å². The van der Waals surface area contributed by atoms with Crippen molar-refractivity contribution in [2.75, 3.05) is 13.2 Å². The molecule has 0 spiro atoms. The first kappa shape index (κ1) is 21.6. The number of halogens is 1. The van der Waals surface area contributed by atoms with Crippen LogP contribution in [-0.4, -0.2) is 57.7 Å². The van der Waals surface area contributed by atoms with E-state index in [1.807, 2.05) is 4.98 Å². The van der Waals surface area contributed by atoms with Crippen LogP contribution >= 0.6 is 0 Å². The van der Waals surface area contributed by atoms with Crippen LogP contribution in [0.15, 0.2) is 27.0 Å². The van der Waals surface area contributed by atoms with Gasteiger partial charge in [-0.05, 0) is 11.4 Å². The SMILES string of the molecule is CC(C)C(N)C(=O)OC[C@@]1(CN=[N+]=[N-])O[C@@H](n2ccc(=O)[nH]c2=O)[C@H](F)[C@@H]1O. The molecule has 1 saturated heterocycles. The molecule has 4 N–H and O–H groups in total. The number of aliphatic hydroxyl groups is 1. The zero-order valence-corrected chi connectivity index (χ0v) is 15.2. The number of azide groups is 1. The Hall–Kier alpha value is -2.73. The molecular formula is C15H21FN6O6. The quantitative estimate of drug-likeness (QED) is 0.234. The van der Waals surface area contributed by atoms with Gasteiger partial charge in [-0.3, -0.25) is 19.1 Å². The molecule has 0 bridgehead atoms. The number of ether oxygens (including phenoxy) is 2. The Balaban J connectivity index is 2.32. The van der Waals surface area contributed by atoms with Crippen molar-refractivity contribution in [1.29, 1.82) is 0 Å². The van der Waals surface area contributed by atoms with E-state index in [1.54, 1.807) is 13.8 Å². The van der Waals surface area contributed by atoms with Crippen LogP contribution in [-0.2, 0) is 14.3 Å². The molecule has 1 aromatic heterocycles. The average Bonchev–Trinajstić information content (AvgIpc) is 2.89. The molecule has 1 aliphatic heterocycles. The van der Waals surface area contributed by atoms with E-state index in [1.165, 1.54) is 0 Å². The number of alkyl halides is 1. The van der Waals surface area contributed by atoms with Gasteiger partial charge in [-0.25, -0.2) is 9.18 Å². The number of nitrogens with two attached hydrogens (primary N) is 1. The maximum absolute atomic E-state index is 14.8. The second-order valence-electron chi connectivity index (χ2n) is 6.75. The van der Waals surface area contributed by atoms with Gasteiger partial charge in [-0.1, -0.05) is 19.0 Å². The van der Waals surface area contributed by atoms with Crippen molar-refractivity contribution in [1.82, 2.24) is 9.55 Å². The number of aliphatic hydroxyl groups excluding tert-OH is 1. The predicted octanol–water partition coefficient (Wildman–Crippen LogP) is -0.660. The summed E-state index contributed by atoms with van der Waals surface area (Å²) >= 11 is 0. The molecule has 28 heavy (non-hydrogen) atoms. The second-order valence-corrected chi connectivity index (χ2v) is 6.75. The Morgan fingerprint density at radius 3 is 2.86 bits per heavy atom. The number of aromatic amines is 1. The summed E-state index contributed by atoms with van der Waals surface area (Å²) in [6.07, 6.45) is -4.69. The molecule has 12 nitrogen and oxygen atoms in total. The van der Waals surface area contributed by atoms with Gasteiger partial charge < -0.3 is 20.3 Å². The fraction of sp³-hybridized carbons (Fsp3) is 0.667. The van der Waals surface area contributed by atoms with E-state index in [0.29, 0.717) is 0 Å². The summed E-state index contributed by atoms with van der Waals surface area (Å²) in [7, 11) is 0. The highest BCUT2D eigenvalue weighted by molar-refractivity contribution is 5.75. The number of hydrogen-bond acceptors (Lipinski definition) is 8. The molecule has 13 heteroatoms. The molecule has 0 aromatic carbocycles. The molecule has 0 radical (unpaired) electrons. The Labute approximate surface area is 157 Å². The summed E-state index contributed by atoms with van der Waals surface area (Å²) in [5.41, 5.74) is 10.7. The molecule has 2 rings (SSSR count). The van der Waals surface area contributed by atoms with Gasteiger partial charge in [0.25, 0.3) is 5.56 Å². The lowest BCUT2D eigenvalue weighted by molar-refractivity contribution is -0.166. The Morgan fingerprint density at radius 1 is 1.61 bits per heavy atom. The zero-order chi connectivity index (χ0) is 21.1. The second kappa shape index (κ2) is 8.52. The van der Waals surface area contributed by atoms with Crippen LogP contribution in [0.4, 0.5) is 4.39 Å². The predicted molar refractivity (Wildman–Crippen MR) is 92.9 cm³/mol. The van der Waals surface area contributed by atoms with Gasteiger partial charge in [0.2, 0.25) is 0 Å². The van der Waals surface area contributed by atoms with Gasteiger partial charge in [0.05, 0.1) is 6.54 Å². The topological polar surface area (TPSA) is 185 Å². The maximum Gasteiger partial charge on any atom is 0.330 e. The summed E-state index contributed by atoms with van der Waals surface area (Å²) in [6.45, 7) is 2.14. The monoisotopic (exact) mass is 400 g/mol. The first-order chi connectivity index (χ1) is 13.1. The fourth-order valence-corrected chi connectivity index (χ4v) is 2.67. The van der Waals surface area contributed by atoms with Crippen molar-refractivity contribution in [3.05, 3.63) is 43.5 Å². The largest absolute Gasteiger partial charge is 0.461 e. The third-order valence-electron chi connectivity index (χ3n) is 4.44. The normalized spacial score (nSPS) is 28.0. The highest BCUT2D eigenvalue weighted by atomic mass is 19.1. The lowest BCUT2D eigenvalue weighted by atomic mass is 9.96. The van der Waals surface area contributed by atoms with Gasteiger partial charge in [0.15, 0.2) is 12.4 Å². The lowest BCUT2D eigenvalue weighted by Gasteiger charge is -2.30. The van der Waals surface area contributed by atoms with Gasteiger partial charge >= 0.3 is 11.7 Å². The summed E-state index contributed by atoms with van der Waals surface area (Å²) in [4.78, 5) is 39.6. The van der Waals surface area contributed by atoms with E-state index < -0.39 is 60.5 Å². The molecule has 1 fully saturated rings. The molecule has 5 atom stereocenters. The molecular weight excluding hydrogens is 379 g/mol. The first-order valence-corrected chi connectivity index (χ1v) is 8.37. The van der Waals surface area contributed by atoms with Crippen LogP contribution in [0, 0.1) is 5.92 Å². The number of carbonyl (C=O) groups is 1. The zero-order valence-electron chi connectivity index (χ0n) is 15.2. The molecule has 1 aliphatic rings. The third-order valence-corrected chi connectivity index (χ3v) is 4.44. The third kappa shape index (κ3) is 4.22. The van der Waals surface area contributed by atoms with E-state index >= 15 is 0 Å². The number of H-pyrrole nitrogens is 1. The standard InChI is InChI=1S/C15H21FN6O6/c1-7(2)10(17)13(25)27-6-15(5-19-21-18)11(24)9(16)12(28-15)22-4-3-8(23)20-14(22)26/h3-4,7,9-12,24H,5-6,17H2,1-2H3,(H,20,23,26)/t9-,10?,11+,12-,15-/m1/s1. The Kier molecular flexibility index (Phi) is 6.56. The lowest BCUT2D eigenvalue weighted by Crippen LogP contribution is -2.50. The van der Waals surface area contributed by atoms with Crippen molar-refractivity contribution in [3.63, 3.8) is 0 Å². The van der Waals surface area contributed by atoms with Crippen molar-refractivity contribution in [3.8, 4) is 0 Å². The van der Waals surface area contributed by atoms with Gasteiger partial charge in [0.1, 0.15) is 24.4 Å². The molecule has 1 unspecified atom stereocenters. The van der Waals surface area contributed by atoms with Crippen LogP contribution in [0.25, 0.3) is 10.4 Å². The molecule has 1 aromatic rings. The first-order valence-electron chi connectivity index (χ1n) is 8.37. The van der Waals surface area contributed by atoms with E-state index in [9.17, 15) is 23.9 Å². The van der Waals surface area contributed by atoms with Crippen LogP contribution in [0.2, 0.25) is 0 Å². The van der Waals surface area contributed by atoms with Crippen LogP contribution in [0.1, 0.15) is 20.1 Å². The maximum atomic E-state index is 14.8. The van der Waals surface area contributed by atoms with E-state index in [0.717, 1.165) is 16.8 Å². The minimum atomic E-state index is -2.14. The molecule has 0 saturated carbocycles. The van der Waals surface area contributed by atoms with Crippen LogP contribution in [0.3, 0.4) is 0 Å². The summed E-state index contributed by atoms with van der Waals surface area (Å²) in [5, 5.41) is 13.7. The number of rotatable bonds is 7. The molecule has 2 heterocycles. The molecule has 0 amide bonds. The molecule has 0 aliphatic carbocycles. The summed E-state index contributed by atoms with van der Waals surface area (Å²) in [6, 6.07) is 0.00718. The van der Waals surface area contributed by atoms with E-state index in [4.69, 9.17) is 20.7 Å². The Bertz CT molecular complexity index is 880. The summed E-state index contributed by atoms with van der Waals surface area (Å²) < 4.78 is 26.0.